The lowest BCUT2D eigenvalue weighted by Gasteiger charge is -2.09. The van der Waals surface area contributed by atoms with Crippen LogP contribution in [0.25, 0.3) is 0 Å². The van der Waals surface area contributed by atoms with Crippen LogP contribution in [0.4, 0.5) is 4.39 Å². The second kappa shape index (κ2) is 6.64. The van der Waals surface area contributed by atoms with Crippen LogP contribution in [0, 0.1) is 17.1 Å². The minimum Gasteiger partial charge on any atom is -0.486 e. The normalized spacial score (nSPS) is 10.1. The molecule has 0 atom stereocenters. The molecule has 0 spiro atoms. The number of ether oxygens (including phenoxy) is 1. The highest BCUT2D eigenvalue weighted by molar-refractivity contribution is 5.32. The van der Waals surface area contributed by atoms with Gasteiger partial charge in [-0.1, -0.05) is 12.1 Å². The van der Waals surface area contributed by atoms with Crippen molar-refractivity contribution in [1.29, 1.82) is 5.26 Å². The van der Waals surface area contributed by atoms with Crippen molar-refractivity contribution in [1.82, 2.24) is 4.98 Å². The molecule has 2 aromatic rings. The van der Waals surface area contributed by atoms with Crippen LogP contribution in [0.1, 0.15) is 16.8 Å². The minimum absolute atomic E-state index is 0.101. The maximum Gasteiger partial charge on any atom is 0.165 e. The van der Waals surface area contributed by atoms with E-state index in [4.69, 9.17) is 15.7 Å². The van der Waals surface area contributed by atoms with Crippen LogP contribution in [-0.2, 0) is 13.0 Å². The SMILES string of the molecule is N#Cc1ncccc1COc1ccc(CCN)cc1F. The summed E-state index contributed by atoms with van der Waals surface area (Å²) in [6.07, 6.45) is 2.16. The largest absolute Gasteiger partial charge is 0.486 e. The molecule has 1 aromatic heterocycles. The Morgan fingerprint density at radius 1 is 1.35 bits per heavy atom. The molecule has 2 rings (SSSR count). The van der Waals surface area contributed by atoms with Gasteiger partial charge in [0.05, 0.1) is 0 Å². The van der Waals surface area contributed by atoms with E-state index >= 15 is 0 Å². The fourth-order valence-electron chi connectivity index (χ4n) is 1.79. The molecule has 0 unspecified atom stereocenters. The first-order valence-electron chi connectivity index (χ1n) is 6.20. The molecule has 0 saturated carbocycles. The standard InChI is InChI=1S/C15H14FN3O/c16-13-8-11(5-6-17)3-4-15(13)20-10-12-2-1-7-19-14(12)9-18/h1-4,7-8H,5-6,10,17H2. The smallest absolute Gasteiger partial charge is 0.165 e. The Bertz CT molecular complexity index is 637. The van der Waals surface area contributed by atoms with Gasteiger partial charge in [-0.05, 0) is 36.7 Å². The second-order valence-electron chi connectivity index (χ2n) is 4.22. The summed E-state index contributed by atoms with van der Waals surface area (Å²) in [5.74, 6) is -0.281. The average Bonchev–Trinajstić information content (AvgIpc) is 2.47. The predicted molar refractivity (Wildman–Crippen MR) is 72.4 cm³/mol. The number of nitrogens with zero attached hydrogens (tertiary/aromatic N) is 2. The third kappa shape index (κ3) is 3.31. The number of hydrogen-bond acceptors (Lipinski definition) is 4. The van der Waals surface area contributed by atoms with Gasteiger partial charge in [-0.15, -0.1) is 0 Å². The Balaban J connectivity index is 2.09. The lowest BCUT2D eigenvalue weighted by molar-refractivity contribution is 0.289. The third-order valence-corrected chi connectivity index (χ3v) is 2.81. The Kier molecular flexibility index (Phi) is 4.64. The zero-order valence-corrected chi connectivity index (χ0v) is 10.8. The van der Waals surface area contributed by atoms with Crippen LogP contribution in [0.15, 0.2) is 36.5 Å². The summed E-state index contributed by atoms with van der Waals surface area (Å²) in [6, 6.07) is 10.2. The van der Waals surface area contributed by atoms with Crippen molar-refractivity contribution in [2.24, 2.45) is 5.73 Å². The summed E-state index contributed by atoms with van der Waals surface area (Å²) < 4.78 is 19.2. The Labute approximate surface area is 116 Å². The van der Waals surface area contributed by atoms with E-state index in [1.54, 1.807) is 24.3 Å². The zero-order chi connectivity index (χ0) is 14.4. The molecule has 0 amide bonds. The lowest BCUT2D eigenvalue weighted by Crippen LogP contribution is -2.04. The van der Waals surface area contributed by atoms with Crippen LogP contribution in [0.3, 0.4) is 0 Å². The number of aromatic nitrogens is 1. The predicted octanol–water partition coefficient (Wildman–Crippen LogP) is 2.17. The number of pyridine rings is 1. The van der Waals surface area contributed by atoms with E-state index in [-0.39, 0.29) is 18.1 Å². The molecule has 0 aliphatic heterocycles. The van der Waals surface area contributed by atoms with E-state index in [1.165, 1.54) is 12.3 Å². The number of nitrogens with two attached hydrogens (primary N) is 1. The maximum absolute atomic E-state index is 13.8. The van der Waals surface area contributed by atoms with Gasteiger partial charge in [0.15, 0.2) is 11.6 Å². The van der Waals surface area contributed by atoms with Crippen molar-refractivity contribution in [3.05, 3.63) is 59.2 Å². The molecule has 0 radical (unpaired) electrons. The van der Waals surface area contributed by atoms with E-state index in [0.29, 0.717) is 18.5 Å². The molecule has 4 nitrogen and oxygen atoms in total. The Hall–Kier alpha value is -2.45. The molecular formula is C15H14FN3O. The monoisotopic (exact) mass is 271 g/mol. The van der Waals surface area contributed by atoms with Gasteiger partial charge in [0.1, 0.15) is 18.4 Å². The van der Waals surface area contributed by atoms with Crippen molar-refractivity contribution < 1.29 is 9.13 Å². The van der Waals surface area contributed by atoms with Crippen LogP contribution in [0.5, 0.6) is 5.75 Å². The van der Waals surface area contributed by atoms with Gasteiger partial charge in [0, 0.05) is 11.8 Å². The number of hydrogen-bond donors (Lipinski definition) is 1. The molecule has 0 aliphatic rings. The van der Waals surface area contributed by atoms with E-state index < -0.39 is 5.82 Å². The number of benzene rings is 1. The van der Waals surface area contributed by atoms with Gasteiger partial charge >= 0.3 is 0 Å². The summed E-state index contributed by atoms with van der Waals surface area (Å²) in [4.78, 5) is 3.92. The molecule has 0 bridgehead atoms. The van der Waals surface area contributed by atoms with Gasteiger partial charge in [-0.2, -0.15) is 5.26 Å². The second-order valence-corrected chi connectivity index (χ2v) is 4.22. The molecule has 0 aliphatic carbocycles. The van der Waals surface area contributed by atoms with E-state index in [1.807, 2.05) is 6.07 Å². The molecule has 5 heteroatoms. The van der Waals surface area contributed by atoms with Gasteiger partial charge in [0.2, 0.25) is 0 Å². The molecule has 20 heavy (non-hydrogen) atoms. The third-order valence-electron chi connectivity index (χ3n) is 2.81. The fraction of sp³-hybridized carbons (Fsp3) is 0.200. The van der Waals surface area contributed by atoms with E-state index in [9.17, 15) is 4.39 Å². The molecule has 1 heterocycles. The number of nitriles is 1. The topological polar surface area (TPSA) is 71.9 Å². The minimum atomic E-state index is -0.432. The molecule has 0 saturated heterocycles. The summed E-state index contributed by atoms with van der Waals surface area (Å²) in [5.41, 5.74) is 7.16. The van der Waals surface area contributed by atoms with Crippen molar-refractivity contribution >= 4 is 0 Å². The van der Waals surface area contributed by atoms with Gasteiger partial charge in [0.25, 0.3) is 0 Å². The molecule has 0 fully saturated rings. The van der Waals surface area contributed by atoms with Gasteiger partial charge in [-0.25, -0.2) is 9.37 Å². The average molecular weight is 271 g/mol. The van der Waals surface area contributed by atoms with Gasteiger partial charge in [-0.3, -0.25) is 0 Å². The van der Waals surface area contributed by atoms with Crippen LogP contribution < -0.4 is 10.5 Å². The van der Waals surface area contributed by atoms with Crippen molar-refractivity contribution in [3.63, 3.8) is 0 Å². The van der Waals surface area contributed by atoms with Gasteiger partial charge < -0.3 is 10.5 Å². The maximum atomic E-state index is 13.8. The number of rotatable bonds is 5. The summed E-state index contributed by atoms with van der Waals surface area (Å²) >= 11 is 0. The highest BCUT2D eigenvalue weighted by Crippen LogP contribution is 2.20. The Morgan fingerprint density at radius 3 is 2.90 bits per heavy atom. The first kappa shape index (κ1) is 14.0. The first-order chi connectivity index (χ1) is 9.74. The van der Waals surface area contributed by atoms with Crippen molar-refractivity contribution in [2.45, 2.75) is 13.0 Å². The quantitative estimate of drug-likeness (QED) is 0.904. The van der Waals surface area contributed by atoms with Crippen molar-refractivity contribution in [2.75, 3.05) is 6.54 Å². The summed E-state index contributed by atoms with van der Waals surface area (Å²) in [5, 5.41) is 8.91. The summed E-state index contributed by atoms with van der Waals surface area (Å²) in [7, 11) is 0. The Morgan fingerprint density at radius 2 is 2.20 bits per heavy atom. The van der Waals surface area contributed by atoms with E-state index in [2.05, 4.69) is 4.98 Å². The van der Waals surface area contributed by atoms with Crippen LogP contribution in [0.2, 0.25) is 0 Å². The van der Waals surface area contributed by atoms with Crippen LogP contribution >= 0.6 is 0 Å². The van der Waals surface area contributed by atoms with Crippen LogP contribution in [-0.4, -0.2) is 11.5 Å². The lowest BCUT2D eigenvalue weighted by atomic mass is 10.1. The molecule has 2 N–H and O–H groups in total. The fourth-order valence-corrected chi connectivity index (χ4v) is 1.79. The molecule has 1 aromatic carbocycles. The van der Waals surface area contributed by atoms with Crippen molar-refractivity contribution in [3.8, 4) is 11.8 Å². The molecule has 102 valence electrons. The molecular weight excluding hydrogens is 257 g/mol. The zero-order valence-electron chi connectivity index (χ0n) is 10.8. The highest BCUT2D eigenvalue weighted by Gasteiger charge is 2.07. The first-order valence-corrected chi connectivity index (χ1v) is 6.20. The number of halogens is 1. The van der Waals surface area contributed by atoms with E-state index in [0.717, 1.165) is 5.56 Å². The highest BCUT2D eigenvalue weighted by atomic mass is 19.1. The summed E-state index contributed by atoms with van der Waals surface area (Å²) in [6.45, 7) is 0.574.